The molecule has 2 rings (SSSR count). The Morgan fingerprint density at radius 2 is 1.92 bits per heavy atom. The molecule has 0 radical (unpaired) electrons. The molecule has 2 aromatic rings. The topological polar surface area (TPSA) is 48.9 Å². The first kappa shape index (κ1) is 19.3. The third kappa shape index (κ3) is 6.40. The summed E-state index contributed by atoms with van der Waals surface area (Å²) in [7, 11) is 5.87. The lowest BCUT2D eigenvalue weighted by Gasteiger charge is -2.16. The van der Waals surface area contributed by atoms with Gasteiger partial charge in [-0.2, -0.15) is 0 Å². The van der Waals surface area contributed by atoms with Crippen molar-refractivity contribution in [3.63, 3.8) is 0 Å². The standard InChI is InChI=1S/C19H28N4OS/c1-15-9-12-25-18(15)14-22-19(20-2)21-13-16-7-5-6-8-17(16)24-11-10-23(3)4/h5-9,12H,10-11,13-14H2,1-4H3,(H2,20,21,22). The normalized spacial score (nSPS) is 11.6. The molecule has 2 N–H and O–H groups in total. The van der Waals surface area contributed by atoms with Gasteiger partial charge in [-0.05, 0) is 44.1 Å². The van der Waals surface area contributed by atoms with Crippen LogP contribution in [0.15, 0.2) is 40.7 Å². The molecule has 0 atom stereocenters. The quantitative estimate of drug-likeness (QED) is 0.561. The van der Waals surface area contributed by atoms with E-state index in [4.69, 9.17) is 4.74 Å². The molecule has 136 valence electrons. The number of aryl methyl sites for hydroxylation is 1. The number of guanidine groups is 1. The summed E-state index contributed by atoms with van der Waals surface area (Å²) in [6, 6.07) is 10.3. The van der Waals surface area contributed by atoms with E-state index in [1.54, 1.807) is 18.4 Å². The maximum atomic E-state index is 5.91. The number of aliphatic imine (C=N–C) groups is 1. The predicted molar refractivity (Wildman–Crippen MR) is 107 cm³/mol. The maximum absolute atomic E-state index is 5.91. The summed E-state index contributed by atoms with van der Waals surface area (Å²) in [6.45, 7) is 5.15. The highest BCUT2D eigenvalue weighted by Gasteiger charge is 2.06. The molecule has 0 aliphatic rings. The van der Waals surface area contributed by atoms with Gasteiger partial charge in [0.05, 0.1) is 6.54 Å². The van der Waals surface area contributed by atoms with Crippen molar-refractivity contribution in [3.8, 4) is 5.75 Å². The van der Waals surface area contributed by atoms with Crippen LogP contribution in [0.1, 0.15) is 16.0 Å². The van der Waals surface area contributed by atoms with E-state index in [1.807, 2.05) is 32.3 Å². The number of para-hydroxylation sites is 1. The van der Waals surface area contributed by atoms with E-state index in [-0.39, 0.29) is 0 Å². The summed E-state index contributed by atoms with van der Waals surface area (Å²) in [5.74, 6) is 1.71. The molecule has 0 amide bonds. The van der Waals surface area contributed by atoms with Gasteiger partial charge in [0.15, 0.2) is 5.96 Å². The lowest BCUT2D eigenvalue weighted by atomic mass is 10.2. The minimum absolute atomic E-state index is 0.668. The van der Waals surface area contributed by atoms with Gasteiger partial charge < -0.3 is 20.3 Å². The number of rotatable bonds is 8. The number of ether oxygens (including phenoxy) is 1. The van der Waals surface area contributed by atoms with E-state index in [0.29, 0.717) is 13.2 Å². The zero-order valence-corrected chi connectivity index (χ0v) is 16.3. The van der Waals surface area contributed by atoms with E-state index in [1.165, 1.54) is 10.4 Å². The number of nitrogens with one attached hydrogen (secondary N) is 2. The Morgan fingerprint density at radius 3 is 2.60 bits per heavy atom. The first-order valence-corrected chi connectivity index (χ1v) is 9.31. The van der Waals surface area contributed by atoms with Crippen molar-refractivity contribution in [2.24, 2.45) is 4.99 Å². The van der Waals surface area contributed by atoms with E-state index in [2.05, 4.69) is 45.0 Å². The van der Waals surface area contributed by atoms with E-state index in [0.717, 1.165) is 30.4 Å². The average Bonchev–Trinajstić information content (AvgIpc) is 3.01. The molecule has 0 aliphatic carbocycles. The first-order chi connectivity index (χ1) is 12.1. The molecule has 0 saturated carbocycles. The van der Waals surface area contributed by atoms with Crippen LogP contribution in [-0.4, -0.2) is 45.2 Å². The largest absolute Gasteiger partial charge is 0.492 e. The summed E-state index contributed by atoms with van der Waals surface area (Å²) in [5, 5.41) is 8.84. The van der Waals surface area contributed by atoms with Crippen molar-refractivity contribution in [3.05, 3.63) is 51.7 Å². The molecule has 0 unspecified atom stereocenters. The van der Waals surface area contributed by atoms with Crippen LogP contribution in [0.5, 0.6) is 5.75 Å². The smallest absolute Gasteiger partial charge is 0.191 e. The van der Waals surface area contributed by atoms with Crippen LogP contribution in [-0.2, 0) is 13.1 Å². The Kier molecular flexibility index (Phi) is 7.76. The van der Waals surface area contributed by atoms with Gasteiger partial charge in [0.1, 0.15) is 12.4 Å². The highest BCUT2D eigenvalue weighted by molar-refractivity contribution is 7.10. The van der Waals surface area contributed by atoms with Gasteiger partial charge in [0.2, 0.25) is 0 Å². The Morgan fingerprint density at radius 1 is 1.16 bits per heavy atom. The zero-order valence-electron chi connectivity index (χ0n) is 15.5. The second-order valence-corrected chi connectivity index (χ2v) is 7.07. The van der Waals surface area contributed by atoms with Crippen molar-refractivity contribution in [2.75, 3.05) is 34.3 Å². The lowest BCUT2D eigenvalue weighted by Crippen LogP contribution is -2.36. The van der Waals surface area contributed by atoms with E-state index >= 15 is 0 Å². The molecule has 0 aliphatic heterocycles. The molecule has 1 aromatic heterocycles. The van der Waals surface area contributed by atoms with Gasteiger partial charge in [-0.15, -0.1) is 11.3 Å². The van der Waals surface area contributed by atoms with Crippen LogP contribution in [0.4, 0.5) is 0 Å². The van der Waals surface area contributed by atoms with Gasteiger partial charge in [0, 0.05) is 30.6 Å². The summed E-state index contributed by atoms with van der Waals surface area (Å²) in [4.78, 5) is 7.74. The van der Waals surface area contributed by atoms with Gasteiger partial charge in [0.25, 0.3) is 0 Å². The van der Waals surface area contributed by atoms with Crippen LogP contribution in [0.3, 0.4) is 0 Å². The number of hydrogen-bond acceptors (Lipinski definition) is 4. The minimum Gasteiger partial charge on any atom is -0.492 e. The van der Waals surface area contributed by atoms with Gasteiger partial charge in [-0.25, -0.2) is 0 Å². The average molecular weight is 361 g/mol. The van der Waals surface area contributed by atoms with Crippen molar-refractivity contribution < 1.29 is 4.74 Å². The Labute approximate surface area is 154 Å². The molecular weight excluding hydrogens is 332 g/mol. The molecule has 0 fully saturated rings. The number of thiophene rings is 1. The van der Waals surface area contributed by atoms with Crippen LogP contribution in [0.25, 0.3) is 0 Å². The second-order valence-electron chi connectivity index (χ2n) is 6.07. The molecule has 25 heavy (non-hydrogen) atoms. The Hall–Kier alpha value is -2.05. The van der Waals surface area contributed by atoms with Crippen molar-refractivity contribution in [2.45, 2.75) is 20.0 Å². The molecule has 0 saturated heterocycles. The van der Waals surface area contributed by atoms with Crippen LogP contribution < -0.4 is 15.4 Å². The number of likely N-dealkylation sites (N-methyl/N-ethyl adjacent to an activating group) is 1. The van der Waals surface area contributed by atoms with Gasteiger partial charge in [-0.3, -0.25) is 4.99 Å². The summed E-state index contributed by atoms with van der Waals surface area (Å²) in [6.07, 6.45) is 0. The number of nitrogens with zero attached hydrogens (tertiary/aromatic N) is 2. The number of hydrogen-bond donors (Lipinski definition) is 2. The second kappa shape index (κ2) is 10.1. The molecule has 0 spiro atoms. The summed E-state index contributed by atoms with van der Waals surface area (Å²) < 4.78 is 5.91. The maximum Gasteiger partial charge on any atom is 0.191 e. The molecule has 0 bridgehead atoms. The third-order valence-corrected chi connectivity index (χ3v) is 4.85. The highest BCUT2D eigenvalue weighted by Crippen LogP contribution is 2.18. The molecule has 5 nitrogen and oxygen atoms in total. The molecule has 6 heteroatoms. The lowest BCUT2D eigenvalue weighted by molar-refractivity contribution is 0.259. The number of benzene rings is 1. The zero-order chi connectivity index (χ0) is 18.1. The fourth-order valence-corrected chi connectivity index (χ4v) is 3.12. The van der Waals surface area contributed by atoms with E-state index < -0.39 is 0 Å². The van der Waals surface area contributed by atoms with Crippen LogP contribution in [0.2, 0.25) is 0 Å². The summed E-state index contributed by atoms with van der Waals surface area (Å²) >= 11 is 1.76. The Bertz CT molecular complexity index is 682. The fourth-order valence-electron chi connectivity index (χ4n) is 2.28. The van der Waals surface area contributed by atoms with Crippen molar-refractivity contribution in [1.29, 1.82) is 0 Å². The van der Waals surface area contributed by atoms with Gasteiger partial charge >= 0.3 is 0 Å². The third-order valence-electron chi connectivity index (χ3n) is 3.82. The van der Waals surface area contributed by atoms with Crippen LogP contribution in [0, 0.1) is 6.92 Å². The highest BCUT2D eigenvalue weighted by atomic mass is 32.1. The van der Waals surface area contributed by atoms with Crippen molar-refractivity contribution >= 4 is 17.3 Å². The van der Waals surface area contributed by atoms with Gasteiger partial charge in [-0.1, -0.05) is 18.2 Å². The Balaban J connectivity index is 1.87. The predicted octanol–water partition coefficient (Wildman–Crippen LogP) is 2.86. The monoisotopic (exact) mass is 360 g/mol. The van der Waals surface area contributed by atoms with Crippen molar-refractivity contribution in [1.82, 2.24) is 15.5 Å². The molecule has 1 heterocycles. The molecular formula is C19H28N4OS. The fraction of sp³-hybridized carbons (Fsp3) is 0.421. The first-order valence-electron chi connectivity index (χ1n) is 8.43. The minimum atomic E-state index is 0.668. The molecule has 1 aromatic carbocycles. The van der Waals surface area contributed by atoms with E-state index in [9.17, 15) is 0 Å². The SMILES string of the molecule is CN=C(NCc1ccccc1OCCN(C)C)NCc1sccc1C. The van der Waals surface area contributed by atoms with Crippen LogP contribution >= 0.6 is 11.3 Å². The summed E-state index contributed by atoms with van der Waals surface area (Å²) in [5.41, 5.74) is 2.43.